The Bertz CT molecular complexity index is 1490. The highest BCUT2D eigenvalue weighted by molar-refractivity contribution is 7.12. The number of anilines is 2. The Balaban J connectivity index is 1.48. The van der Waals surface area contributed by atoms with Crippen molar-refractivity contribution in [2.45, 2.75) is 17.6 Å². The molecule has 186 valence electrons. The summed E-state index contributed by atoms with van der Waals surface area (Å²) in [6.45, 7) is 0.929. The quantitative estimate of drug-likeness (QED) is 0.285. The number of likely N-dealkylation sites (N-methyl/N-ethyl adjacent to an activating group) is 1. The van der Waals surface area contributed by atoms with Gasteiger partial charge in [0.25, 0.3) is 0 Å². The fourth-order valence-corrected chi connectivity index (χ4v) is 11.9. The number of nitrogens with zero attached hydrogens (tertiary/aromatic N) is 3. The van der Waals surface area contributed by atoms with Crippen LogP contribution in [0.5, 0.6) is 0 Å². The normalized spacial score (nSPS) is 21.6. The minimum atomic E-state index is -2.53. The number of hydrogen-bond acceptors (Lipinski definition) is 3. The van der Waals surface area contributed by atoms with E-state index in [0.29, 0.717) is 5.92 Å². The number of para-hydroxylation sites is 1. The lowest BCUT2D eigenvalue weighted by atomic mass is 9.91. The van der Waals surface area contributed by atoms with Gasteiger partial charge in [-0.3, -0.25) is 4.99 Å². The third-order valence-corrected chi connectivity index (χ3v) is 13.4. The highest BCUT2D eigenvalue weighted by Crippen LogP contribution is 2.47. The van der Waals surface area contributed by atoms with Crippen molar-refractivity contribution in [2.24, 2.45) is 4.99 Å². The second kappa shape index (κ2) is 9.30. The van der Waals surface area contributed by atoms with Crippen molar-refractivity contribution in [3.05, 3.63) is 139 Å². The SMILES string of the molecule is CN1C=NC([Si](c2ccccc2)(c2ccccc2)c2ccc3c(c2)C2C=CC=CC2N3c2ccccc2)C1. The van der Waals surface area contributed by atoms with Crippen LogP contribution in [0.25, 0.3) is 0 Å². The smallest absolute Gasteiger partial charge is 0.176 e. The Morgan fingerprint density at radius 1 is 0.711 bits per heavy atom. The summed E-state index contributed by atoms with van der Waals surface area (Å²) in [5.41, 5.74) is 4.16. The van der Waals surface area contributed by atoms with Crippen molar-refractivity contribution < 1.29 is 0 Å². The predicted molar refractivity (Wildman–Crippen MR) is 162 cm³/mol. The molecular formula is C34H31N3Si. The molecule has 0 spiro atoms. The third-order valence-electron chi connectivity index (χ3n) is 8.40. The highest BCUT2D eigenvalue weighted by atomic mass is 28.3. The second-order valence-corrected chi connectivity index (χ2v) is 14.5. The zero-order chi connectivity index (χ0) is 25.5. The van der Waals surface area contributed by atoms with Gasteiger partial charge in [0.15, 0.2) is 8.07 Å². The fourth-order valence-electron chi connectivity index (χ4n) is 6.77. The van der Waals surface area contributed by atoms with Gasteiger partial charge in [-0.2, -0.15) is 0 Å². The van der Waals surface area contributed by atoms with Crippen molar-refractivity contribution in [3.8, 4) is 0 Å². The molecule has 38 heavy (non-hydrogen) atoms. The maximum Gasteiger partial charge on any atom is 0.176 e. The maximum absolute atomic E-state index is 5.18. The van der Waals surface area contributed by atoms with E-state index in [0.717, 1.165) is 6.54 Å². The van der Waals surface area contributed by atoms with Crippen molar-refractivity contribution in [2.75, 3.05) is 18.5 Å². The molecule has 1 aliphatic carbocycles. The molecule has 0 aromatic heterocycles. The van der Waals surface area contributed by atoms with Crippen LogP contribution in [0.4, 0.5) is 11.4 Å². The molecule has 4 heteroatoms. The summed E-state index contributed by atoms with van der Waals surface area (Å²) in [7, 11) is -0.392. The minimum Gasteiger partial charge on any atom is -0.364 e. The average Bonchev–Trinajstić information content (AvgIpc) is 3.56. The van der Waals surface area contributed by atoms with Gasteiger partial charge >= 0.3 is 0 Å². The molecule has 7 rings (SSSR count). The number of fused-ring (bicyclic) bond motifs is 3. The van der Waals surface area contributed by atoms with E-state index in [4.69, 9.17) is 4.99 Å². The molecule has 2 heterocycles. The van der Waals surface area contributed by atoms with Gasteiger partial charge in [-0.05, 0) is 39.3 Å². The van der Waals surface area contributed by atoms with E-state index in [1.807, 2.05) is 6.34 Å². The summed E-state index contributed by atoms with van der Waals surface area (Å²) in [5.74, 6) is 0.322. The number of rotatable bonds is 5. The Kier molecular flexibility index (Phi) is 5.63. The fraction of sp³-hybridized carbons (Fsp3) is 0.147. The lowest BCUT2D eigenvalue weighted by Crippen LogP contribution is -2.74. The first-order chi connectivity index (χ1) is 18.8. The maximum atomic E-state index is 5.18. The minimum absolute atomic E-state index is 0.194. The van der Waals surface area contributed by atoms with Crippen LogP contribution in [0.1, 0.15) is 11.5 Å². The van der Waals surface area contributed by atoms with Gasteiger partial charge in [0.05, 0.1) is 18.0 Å². The first-order valence-corrected chi connectivity index (χ1v) is 15.5. The molecule has 3 unspecified atom stereocenters. The van der Waals surface area contributed by atoms with Crippen molar-refractivity contribution in [1.29, 1.82) is 0 Å². The molecular weight excluding hydrogens is 478 g/mol. The van der Waals surface area contributed by atoms with Crippen LogP contribution in [-0.4, -0.2) is 44.6 Å². The van der Waals surface area contributed by atoms with Crippen molar-refractivity contribution in [3.63, 3.8) is 0 Å². The zero-order valence-electron chi connectivity index (χ0n) is 21.6. The standard InChI is InChI=1S/C34H31N3Si/c1-36-24-34(35-25-36)38(27-15-7-3-8-16-27,28-17-9-4-10-18-28)29-21-22-33-31(23-29)30-19-11-12-20-32(30)37(33)26-13-5-2-6-14-26/h2-23,25,30,32,34H,24H2,1H3. The summed E-state index contributed by atoms with van der Waals surface area (Å²) in [6.07, 6.45) is 11.2. The number of aliphatic imine (C=N–C) groups is 1. The summed E-state index contributed by atoms with van der Waals surface area (Å²) in [6, 6.07) is 40.8. The first-order valence-electron chi connectivity index (χ1n) is 13.4. The van der Waals surface area contributed by atoms with Crippen LogP contribution < -0.4 is 20.5 Å². The predicted octanol–water partition coefficient (Wildman–Crippen LogP) is 4.77. The molecule has 0 amide bonds. The van der Waals surface area contributed by atoms with E-state index in [2.05, 4.69) is 150 Å². The molecule has 4 aromatic rings. The van der Waals surface area contributed by atoms with Gasteiger partial charge in [0.1, 0.15) is 0 Å². The molecule has 3 nitrogen and oxygen atoms in total. The van der Waals surface area contributed by atoms with E-state index in [9.17, 15) is 0 Å². The molecule has 3 aliphatic rings. The van der Waals surface area contributed by atoms with Gasteiger partial charge in [0, 0.05) is 30.9 Å². The van der Waals surface area contributed by atoms with Crippen LogP contribution in [-0.2, 0) is 0 Å². The zero-order valence-corrected chi connectivity index (χ0v) is 22.6. The second-order valence-electron chi connectivity index (χ2n) is 10.5. The van der Waals surface area contributed by atoms with Crippen LogP contribution in [0.3, 0.4) is 0 Å². The van der Waals surface area contributed by atoms with E-state index in [1.165, 1.54) is 32.5 Å². The third kappa shape index (κ3) is 3.52. The van der Waals surface area contributed by atoms with E-state index < -0.39 is 8.07 Å². The van der Waals surface area contributed by atoms with Gasteiger partial charge in [0.2, 0.25) is 0 Å². The summed E-state index contributed by atoms with van der Waals surface area (Å²) in [5, 5.41) is 4.26. The lowest BCUT2D eigenvalue weighted by Gasteiger charge is -2.38. The Hall–Kier alpha value is -4.15. The molecule has 0 N–H and O–H groups in total. The Labute approximate surface area is 226 Å². The molecule has 0 fully saturated rings. The van der Waals surface area contributed by atoms with E-state index in [-0.39, 0.29) is 11.7 Å². The van der Waals surface area contributed by atoms with Crippen molar-refractivity contribution >= 4 is 41.3 Å². The monoisotopic (exact) mass is 509 g/mol. The molecule has 4 aromatic carbocycles. The summed E-state index contributed by atoms with van der Waals surface area (Å²) in [4.78, 5) is 9.94. The number of allylic oxidation sites excluding steroid dienone is 2. The molecule has 3 atom stereocenters. The van der Waals surface area contributed by atoms with Gasteiger partial charge < -0.3 is 9.80 Å². The first kappa shape index (κ1) is 23.0. The van der Waals surface area contributed by atoms with Gasteiger partial charge in [-0.1, -0.05) is 115 Å². The molecule has 0 radical (unpaired) electrons. The van der Waals surface area contributed by atoms with E-state index in [1.54, 1.807) is 0 Å². The number of benzene rings is 4. The van der Waals surface area contributed by atoms with Crippen LogP contribution in [0.2, 0.25) is 0 Å². The molecule has 0 saturated carbocycles. The van der Waals surface area contributed by atoms with E-state index >= 15 is 0 Å². The topological polar surface area (TPSA) is 18.8 Å². The summed E-state index contributed by atoms with van der Waals surface area (Å²) < 4.78 is 0. The highest BCUT2D eigenvalue weighted by Gasteiger charge is 2.49. The average molecular weight is 510 g/mol. The van der Waals surface area contributed by atoms with Gasteiger partial charge in [-0.15, -0.1) is 0 Å². The Morgan fingerprint density at radius 2 is 1.34 bits per heavy atom. The lowest BCUT2D eigenvalue weighted by molar-refractivity contribution is 0.550. The van der Waals surface area contributed by atoms with Crippen LogP contribution in [0, 0.1) is 0 Å². The molecule has 0 saturated heterocycles. The largest absolute Gasteiger partial charge is 0.364 e. The molecule has 0 bridgehead atoms. The Morgan fingerprint density at radius 3 is 1.97 bits per heavy atom. The van der Waals surface area contributed by atoms with Crippen LogP contribution in [0.15, 0.2) is 138 Å². The molecule has 2 aliphatic heterocycles. The van der Waals surface area contributed by atoms with Crippen LogP contribution >= 0.6 is 0 Å². The number of hydrogen-bond donors (Lipinski definition) is 0. The van der Waals surface area contributed by atoms with Gasteiger partial charge in [-0.25, -0.2) is 0 Å². The van der Waals surface area contributed by atoms with Crippen molar-refractivity contribution in [1.82, 2.24) is 4.90 Å². The summed E-state index contributed by atoms with van der Waals surface area (Å²) >= 11 is 0.